The zero-order valence-electron chi connectivity index (χ0n) is 13.8. The number of anilines is 2. The fourth-order valence-electron chi connectivity index (χ4n) is 3.33. The molecule has 0 amide bonds. The Kier molecular flexibility index (Phi) is 3.55. The third-order valence-electron chi connectivity index (χ3n) is 4.69. The first kappa shape index (κ1) is 15.2. The number of nitrogens with one attached hydrogen (secondary N) is 1. The highest BCUT2D eigenvalue weighted by molar-refractivity contribution is 5.87. The fourth-order valence-corrected chi connectivity index (χ4v) is 3.33. The van der Waals surface area contributed by atoms with Gasteiger partial charge in [-0.15, -0.1) is 0 Å². The highest BCUT2D eigenvalue weighted by atomic mass is 16.5. The molecule has 3 N–H and O–H groups in total. The molecule has 1 aromatic carbocycles. The van der Waals surface area contributed by atoms with Gasteiger partial charge in [0.25, 0.3) is 0 Å². The summed E-state index contributed by atoms with van der Waals surface area (Å²) in [7, 11) is 2.03. The van der Waals surface area contributed by atoms with Gasteiger partial charge in [-0.1, -0.05) is 0 Å². The second kappa shape index (κ2) is 5.61. The molecule has 1 saturated carbocycles. The molecule has 0 radical (unpaired) electrons. The van der Waals surface area contributed by atoms with Crippen LogP contribution in [0.1, 0.15) is 41.7 Å². The van der Waals surface area contributed by atoms with E-state index in [-0.39, 0.29) is 0 Å². The van der Waals surface area contributed by atoms with Gasteiger partial charge in [0.1, 0.15) is 5.82 Å². The molecular weight excluding hydrogens is 302 g/mol. The van der Waals surface area contributed by atoms with Crippen LogP contribution in [-0.2, 0) is 7.05 Å². The summed E-state index contributed by atoms with van der Waals surface area (Å²) in [5, 5.41) is 23.8. The molecule has 0 saturated heterocycles. The van der Waals surface area contributed by atoms with E-state index in [0.29, 0.717) is 17.3 Å². The van der Waals surface area contributed by atoms with Crippen LogP contribution in [0.25, 0.3) is 10.9 Å². The van der Waals surface area contributed by atoms with Crippen molar-refractivity contribution in [3.05, 3.63) is 53.3 Å². The van der Waals surface area contributed by atoms with Gasteiger partial charge in [0, 0.05) is 30.5 Å². The van der Waals surface area contributed by atoms with Gasteiger partial charge in [-0.25, -0.2) is 4.98 Å². The van der Waals surface area contributed by atoms with E-state index >= 15 is 0 Å². The Hall–Kier alpha value is -2.37. The fraction of sp³-hybridized carbons (Fsp3) is 0.316. The molecule has 0 bridgehead atoms. The number of aryl methyl sites for hydroxylation is 2. The largest absolute Gasteiger partial charge is 0.364 e. The van der Waals surface area contributed by atoms with Crippen LogP contribution < -0.4 is 5.32 Å². The van der Waals surface area contributed by atoms with Gasteiger partial charge in [0.2, 0.25) is 0 Å². The SMILES string of the molecule is Cc1cc(Nc2ncc(C3CC3)cc2C(O)O)cc2ccn(C)c12. The standard InChI is InChI=1S/C19H21N3O2/c1-11-7-15(8-13-5-6-22(2)17(11)13)21-18-16(19(23)24)9-14(10-20-18)12-3-4-12/h5-10,12,19,23-24H,3-4H2,1-2H3,(H,20,21). The van der Waals surface area contributed by atoms with Gasteiger partial charge in [-0.05, 0) is 61.1 Å². The van der Waals surface area contributed by atoms with Gasteiger partial charge >= 0.3 is 0 Å². The Balaban J connectivity index is 1.72. The van der Waals surface area contributed by atoms with Crippen LogP contribution in [0.3, 0.4) is 0 Å². The quantitative estimate of drug-likeness (QED) is 0.643. The van der Waals surface area contributed by atoms with Crippen molar-refractivity contribution in [3.63, 3.8) is 0 Å². The molecular formula is C19H21N3O2. The van der Waals surface area contributed by atoms with Crippen molar-refractivity contribution >= 4 is 22.4 Å². The average Bonchev–Trinajstić information content (AvgIpc) is 3.31. The van der Waals surface area contributed by atoms with Crippen molar-refractivity contribution < 1.29 is 10.2 Å². The molecule has 0 spiro atoms. The van der Waals surface area contributed by atoms with Crippen molar-refractivity contribution in [3.8, 4) is 0 Å². The Morgan fingerprint density at radius 3 is 2.75 bits per heavy atom. The summed E-state index contributed by atoms with van der Waals surface area (Å²) in [6.07, 6.45) is 4.63. The zero-order valence-corrected chi connectivity index (χ0v) is 13.8. The van der Waals surface area contributed by atoms with E-state index in [1.807, 2.05) is 37.6 Å². The molecule has 1 aliphatic rings. The predicted molar refractivity (Wildman–Crippen MR) is 94.3 cm³/mol. The van der Waals surface area contributed by atoms with E-state index < -0.39 is 6.29 Å². The highest BCUT2D eigenvalue weighted by Crippen LogP contribution is 2.41. The highest BCUT2D eigenvalue weighted by Gasteiger charge is 2.25. The third-order valence-corrected chi connectivity index (χ3v) is 4.69. The summed E-state index contributed by atoms with van der Waals surface area (Å²) in [4.78, 5) is 4.44. The number of benzene rings is 1. The van der Waals surface area contributed by atoms with Gasteiger partial charge in [-0.2, -0.15) is 0 Å². The number of aliphatic hydroxyl groups is 2. The lowest BCUT2D eigenvalue weighted by atomic mass is 10.1. The molecule has 124 valence electrons. The van der Waals surface area contributed by atoms with Crippen LogP contribution in [0.2, 0.25) is 0 Å². The maximum absolute atomic E-state index is 9.71. The number of hydrogen-bond donors (Lipinski definition) is 3. The summed E-state index contributed by atoms with van der Waals surface area (Å²) in [6.45, 7) is 2.07. The molecule has 2 aromatic heterocycles. The van der Waals surface area contributed by atoms with E-state index in [1.54, 1.807) is 0 Å². The number of rotatable bonds is 4. The van der Waals surface area contributed by atoms with Crippen molar-refractivity contribution in [1.29, 1.82) is 0 Å². The van der Waals surface area contributed by atoms with Crippen LogP contribution in [0, 0.1) is 6.92 Å². The summed E-state index contributed by atoms with van der Waals surface area (Å²) < 4.78 is 2.10. The molecule has 0 atom stereocenters. The third kappa shape index (κ3) is 2.66. The predicted octanol–water partition coefficient (Wildman–Crippen LogP) is 3.49. The second-order valence-corrected chi connectivity index (χ2v) is 6.64. The Bertz CT molecular complexity index is 910. The lowest BCUT2D eigenvalue weighted by Gasteiger charge is -2.15. The van der Waals surface area contributed by atoms with Gasteiger partial charge in [-0.3, -0.25) is 0 Å². The van der Waals surface area contributed by atoms with Crippen molar-refractivity contribution in [1.82, 2.24) is 9.55 Å². The van der Waals surface area contributed by atoms with E-state index in [4.69, 9.17) is 0 Å². The Labute approximate surface area is 140 Å². The minimum atomic E-state index is -1.54. The van der Waals surface area contributed by atoms with Gasteiger partial charge in [0.15, 0.2) is 6.29 Å². The van der Waals surface area contributed by atoms with Crippen LogP contribution >= 0.6 is 0 Å². The molecule has 4 rings (SSSR count). The number of aromatic nitrogens is 2. The van der Waals surface area contributed by atoms with Crippen LogP contribution in [0.5, 0.6) is 0 Å². The molecule has 0 aliphatic heterocycles. The normalized spacial score (nSPS) is 14.5. The summed E-state index contributed by atoms with van der Waals surface area (Å²) in [6, 6.07) is 8.02. The van der Waals surface area contributed by atoms with Crippen LogP contribution in [0.15, 0.2) is 36.7 Å². The number of fused-ring (bicyclic) bond motifs is 1. The maximum atomic E-state index is 9.71. The summed E-state index contributed by atoms with van der Waals surface area (Å²) >= 11 is 0. The van der Waals surface area contributed by atoms with Gasteiger partial charge < -0.3 is 20.1 Å². The topological polar surface area (TPSA) is 70.3 Å². The Morgan fingerprint density at radius 1 is 1.25 bits per heavy atom. The molecule has 3 aromatic rings. The number of pyridine rings is 1. The lowest BCUT2D eigenvalue weighted by Crippen LogP contribution is -2.05. The maximum Gasteiger partial charge on any atom is 0.182 e. The zero-order chi connectivity index (χ0) is 16.8. The molecule has 1 aliphatic carbocycles. The average molecular weight is 323 g/mol. The molecule has 0 unspecified atom stereocenters. The Morgan fingerprint density at radius 2 is 2.04 bits per heavy atom. The monoisotopic (exact) mass is 323 g/mol. The van der Waals surface area contributed by atoms with Crippen molar-refractivity contribution in [2.24, 2.45) is 7.05 Å². The number of aliphatic hydroxyl groups excluding tert-OH is 1. The molecule has 1 fully saturated rings. The summed E-state index contributed by atoms with van der Waals surface area (Å²) in [5.74, 6) is 1.01. The minimum Gasteiger partial charge on any atom is -0.364 e. The van der Waals surface area contributed by atoms with E-state index in [0.717, 1.165) is 35.0 Å². The minimum absolute atomic E-state index is 0.421. The first-order chi connectivity index (χ1) is 11.5. The van der Waals surface area contributed by atoms with Crippen LogP contribution in [0.4, 0.5) is 11.5 Å². The van der Waals surface area contributed by atoms with Crippen LogP contribution in [-0.4, -0.2) is 19.8 Å². The smallest absolute Gasteiger partial charge is 0.182 e. The molecule has 24 heavy (non-hydrogen) atoms. The van der Waals surface area contributed by atoms with E-state index in [1.165, 1.54) is 5.52 Å². The first-order valence-corrected chi connectivity index (χ1v) is 8.21. The molecule has 5 heteroatoms. The first-order valence-electron chi connectivity index (χ1n) is 8.21. The van der Waals surface area contributed by atoms with Crippen molar-refractivity contribution in [2.45, 2.75) is 32.0 Å². The number of hydrogen-bond acceptors (Lipinski definition) is 4. The van der Waals surface area contributed by atoms with Gasteiger partial charge in [0.05, 0.1) is 11.1 Å². The lowest BCUT2D eigenvalue weighted by molar-refractivity contribution is -0.0421. The van der Waals surface area contributed by atoms with E-state index in [9.17, 15) is 10.2 Å². The molecule has 2 heterocycles. The van der Waals surface area contributed by atoms with Crippen molar-refractivity contribution in [2.75, 3.05) is 5.32 Å². The molecule has 5 nitrogen and oxygen atoms in total. The number of nitrogens with zero attached hydrogens (tertiary/aromatic N) is 2. The second-order valence-electron chi connectivity index (χ2n) is 6.64. The summed E-state index contributed by atoms with van der Waals surface area (Å²) in [5.41, 5.74) is 4.74. The van der Waals surface area contributed by atoms with E-state index in [2.05, 4.69) is 27.9 Å².